The third-order valence-corrected chi connectivity index (χ3v) is 2.75. The van der Waals surface area contributed by atoms with Crippen LogP contribution in [-0.2, 0) is 5.88 Å². The standard InChI is InChI=1S/C10H9BrClN3/c1-7-2-8(3-12)4-13-10(7)15-6-9(11)5-14-15/h2,4-6H,3H2,1H3. The lowest BCUT2D eigenvalue weighted by atomic mass is 10.2. The van der Waals surface area contributed by atoms with Gasteiger partial charge in [0.2, 0.25) is 0 Å². The molecule has 0 bridgehead atoms. The molecule has 0 spiro atoms. The lowest BCUT2D eigenvalue weighted by Gasteiger charge is -2.05. The Morgan fingerprint density at radius 2 is 2.27 bits per heavy atom. The highest BCUT2D eigenvalue weighted by atomic mass is 79.9. The second-order valence-corrected chi connectivity index (χ2v) is 4.40. The third-order valence-electron chi connectivity index (χ3n) is 2.03. The van der Waals surface area contributed by atoms with Crippen molar-refractivity contribution >= 4 is 27.5 Å². The van der Waals surface area contributed by atoms with Gasteiger partial charge in [0.1, 0.15) is 0 Å². The van der Waals surface area contributed by atoms with Crippen molar-refractivity contribution in [1.82, 2.24) is 14.8 Å². The van der Waals surface area contributed by atoms with Crippen LogP contribution in [0.3, 0.4) is 0 Å². The molecular formula is C10H9BrClN3. The number of alkyl halides is 1. The zero-order valence-corrected chi connectivity index (χ0v) is 10.5. The molecule has 2 aromatic rings. The predicted octanol–water partition coefficient (Wildman–Crippen LogP) is 3.08. The van der Waals surface area contributed by atoms with Crippen LogP contribution >= 0.6 is 27.5 Å². The summed E-state index contributed by atoms with van der Waals surface area (Å²) in [4.78, 5) is 4.33. The van der Waals surface area contributed by atoms with Crippen molar-refractivity contribution in [1.29, 1.82) is 0 Å². The Morgan fingerprint density at radius 1 is 1.47 bits per heavy atom. The molecule has 0 aromatic carbocycles. The van der Waals surface area contributed by atoms with E-state index in [4.69, 9.17) is 11.6 Å². The molecule has 15 heavy (non-hydrogen) atoms. The quantitative estimate of drug-likeness (QED) is 0.794. The number of aryl methyl sites for hydroxylation is 1. The molecule has 0 amide bonds. The monoisotopic (exact) mass is 285 g/mol. The van der Waals surface area contributed by atoms with E-state index in [1.807, 2.05) is 19.2 Å². The molecule has 2 heterocycles. The van der Waals surface area contributed by atoms with Crippen LogP contribution in [-0.4, -0.2) is 14.8 Å². The Labute approximate surface area is 101 Å². The summed E-state index contributed by atoms with van der Waals surface area (Å²) in [6.07, 6.45) is 5.37. The number of hydrogen-bond donors (Lipinski definition) is 0. The van der Waals surface area contributed by atoms with E-state index in [9.17, 15) is 0 Å². The van der Waals surface area contributed by atoms with Crippen LogP contribution in [0.2, 0.25) is 0 Å². The lowest BCUT2D eigenvalue weighted by Crippen LogP contribution is -2.01. The Bertz CT molecular complexity index is 481. The van der Waals surface area contributed by atoms with Gasteiger partial charge in [0.25, 0.3) is 0 Å². The van der Waals surface area contributed by atoms with Crippen LogP contribution in [0.4, 0.5) is 0 Å². The first-order valence-corrected chi connectivity index (χ1v) is 5.75. The molecule has 3 nitrogen and oxygen atoms in total. The Morgan fingerprint density at radius 3 is 2.80 bits per heavy atom. The minimum atomic E-state index is 0.483. The van der Waals surface area contributed by atoms with Crippen LogP contribution in [0.5, 0.6) is 0 Å². The smallest absolute Gasteiger partial charge is 0.156 e. The fourth-order valence-electron chi connectivity index (χ4n) is 1.36. The average molecular weight is 287 g/mol. The largest absolute Gasteiger partial charge is 0.237 e. The van der Waals surface area contributed by atoms with Crippen molar-refractivity contribution in [3.8, 4) is 5.82 Å². The van der Waals surface area contributed by atoms with E-state index >= 15 is 0 Å². The second kappa shape index (κ2) is 4.33. The number of nitrogens with zero attached hydrogens (tertiary/aromatic N) is 3. The normalized spacial score (nSPS) is 10.6. The molecule has 2 aromatic heterocycles. The Balaban J connectivity index is 2.45. The maximum absolute atomic E-state index is 5.73. The first kappa shape index (κ1) is 10.6. The summed E-state index contributed by atoms with van der Waals surface area (Å²) >= 11 is 9.08. The predicted molar refractivity (Wildman–Crippen MR) is 63.4 cm³/mol. The highest BCUT2D eigenvalue weighted by Gasteiger charge is 2.05. The van der Waals surface area contributed by atoms with Crippen molar-refractivity contribution in [3.63, 3.8) is 0 Å². The van der Waals surface area contributed by atoms with Gasteiger partial charge in [0.15, 0.2) is 5.82 Å². The minimum absolute atomic E-state index is 0.483. The molecular weight excluding hydrogens is 277 g/mol. The van der Waals surface area contributed by atoms with Crippen LogP contribution in [0.1, 0.15) is 11.1 Å². The number of pyridine rings is 1. The first-order chi connectivity index (χ1) is 7.20. The summed E-state index contributed by atoms with van der Waals surface area (Å²) in [5, 5.41) is 4.18. The fourth-order valence-corrected chi connectivity index (χ4v) is 1.79. The number of hydrogen-bond acceptors (Lipinski definition) is 2. The van der Waals surface area contributed by atoms with Crippen molar-refractivity contribution < 1.29 is 0 Å². The van der Waals surface area contributed by atoms with Crippen LogP contribution in [0.15, 0.2) is 29.1 Å². The molecule has 0 aliphatic rings. The van der Waals surface area contributed by atoms with Crippen molar-refractivity contribution in [3.05, 3.63) is 40.3 Å². The van der Waals surface area contributed by atoms with Crippen molar-refractivity contribution in [2.75, 3.05) is 0 Å². The van der Waals surface area contributed by atoms with Crippen LogP contribution < -0.4 is 0 Å². The average Bonchev–Trinajstić information content (AvgIpc) is 2.64. The lowest BCUT2D eigenvalue weighted by molar-refractivity contribution is 0.835. The zero-order chi connectivity index (χ0) is 10.8. The van der Waals surface area contributed by atoms with E-state index in [0.717, 1.165) is 21.4 Å². The molecule has 0 atom stereocenters. The summed E-state index contributed by atoms with van der Waals surface area (Å²) in [6, 6.07) is 2.02. The highest BCUT2D eigenvalue weighted by Crippen LogP contribution is 2.15. The van der Waals surface area contributed by atoms with Gasteiger partial charge in [-0.2, -0.15) is 5.10 Å². The van der Waals surface area contributed by atoms with Gasteiger partial charge in [0.05, 0.1) is 10.7 Å². The van der Waals surface area contributed by atoms with Gasteiger partial charge in [-0.3, -0.25) is 0 Å². The number of rotatable bonds is 2. The Hall–Kier alpha value is -0.870. The molecule has 0 fully saturated rings. The third kappa shape index (κ3) is 2.21. The minimum Gasteiger partial charge on any atom is -0.237 e. The van der Waals surface area contributed by atoms with Gasteiger partial charge in [-0.15, -0.1) is 11.6 Å². The molecule has 0 aliphatic carbocycles. The van der Waals surface area contributed by atoms with Gasteiger partial charge in [-0.25, -0.2) is 9.67 Å². The van der Waals surface area contributed by atoms with E-state index in [2.05, 4.69) is 26.0 Å². The SMILES string of the molecule is Cc1cc(CCl)cnc1-n1cc(Br)cn1. The number of aromatic nitrogens is 3. The molecule has 0 N–H and O–H groups in total. The van der Waals surface area contributed by atoms with Gasteiger partial charge in [-0.05, 0) is 40.0 Å². The molecule has 0 saturated carbocycles. The second-order valence-electron chi connectivity index (χ2n) is 3.22. The van der Waals surface area contributed by atoms with Gasteiger partial charge >= 0.3 is 0 Å². The first-order valence-electron chi connectivity index (χ1n) is 4.42. The van der Waals surface area contributed by atoms with Gasteiger partial charge < -0.3 is 0 Å². The molecule has 0 unspecified atom stereocenters. The van der Waals surface area contributed by atoms with Gasteiger partial charge in [0, 0.05) is 18.3 Å². The molecule has 0 radical (unpaired) electrons. The highest BCUT2D eigenvalue weighted by molar-refractivity contribution is 9.10. The Kier molecular flexibility index (Phi) is 3.07. The van der Waals surface area contributed by atoms with Crippen LogP contribution in [0, 0.1) is 6.92 Å². The van der Waals surface area contributed by atoms with E-state index in [1.165, 1.54) is 0 Å². The topological polar surface area (TPSA) is 30.7 Å². The maximum Gasteiger partial charge on any atom is 0.156 e. The van der Waals surface area contributed by atoms with Crippen LogP contribution in [0.25, 0.3) is 5.82 Å². The maximum atomic E-state index is 5.73. The summed E-state index contributed by atoms with van der Waals surface area (Å²) in [5.74, 6) is 1.31. The molecule has 78 valence electrons. The molecule has 5 heteroatoms. The van der Waals surface area contributed by atoms with E-state index in [1.54, 1.807) is 17.1 Å². The summed E-state index contributed by atoms with van der Waals surface area (Å²) in [5.41, 5.74) is 2.08. The fraction of sp³-hybridized carbons (Fsp3) is 0.200. The number of halogens is 2. The zero-order valence-electron chi connectivity index (χ0n) is 8.11. The van der Waals surface area contributed by atoms with Gasteiger partial charge in [-0.1, -0.05) is 0 Å². The molecule has 0 saturated heterocycles. The van der Waals surface area contributed by atoms with E-state index < -0.39 is 0 Å². The molecule has 2 rings (SSSR count). The molecule has 0 aliphatic heterocycles. The van der Waals surface area contributed by atoms with E-state index in [0.29, 0.717) is 5.88 Å². The van der Waals surface area contributed by atoms with Crippen molar-refractivity contribution in [2.24, 2.45) is 0 Å². The van der Waals surface area contributed by atoms with E-state index in [-0.39, 0.29) is 0 Å². The summed E-state index contributed by atoms with van der Waals surface area (Å²) in [7, 11) is 0. The summed E-state index contributed by atoms with van der Waals surface area (Å²) in [6.45, 7) is 1.99. The summed E-state index contributed by atoms with van der Waals surface area (Å²) < 4.78 is 2.67. The van der Waals surface area contributed by atoms with Crippen molar-refractivity contribution in [2.45, 2.75) is 12.8 Å².